The third-order valence-electron chi connectivity index (χ3n) is 4.85. The monoisotopic (exact) mass is 340 g/mol. The van der Waals surface area contributed by atoms with Crippen molar-refractivity contribution < 1.29 is 0 Å². The number of rotatable bonds is 6. The maximum absolute atomic E-state index is 2.59. The second-order valence-electron chi connectivity index (χ2n) is 6.29. The van der Waals surface area contributed by atoms with Gasteiger partial charge in [-0.2, -0.15) is 0 Å². The first-order chi connectivity index (χ1) is 11.8. The third kappa shape index (κ3) is 4.14. The summed E-state index contributed by atoms with van der Waals surface area (Å²) >= 11 is 1.92. The summed E-state index contributed by atoms with van der Waals surface area (Å²) in [5.74, 6) is 0. The Morgan fingerprint density at radius 2 is 1.67 bits per heavy atom. The molecule has 0 atom stereocenters. The second kappa shape index (κ2) is 8.59. The average Bonchev–Trinajstić information content (AvgIpc) is 2.61. The highest BCUT2D eigenvalue weighted by atomic mass is 32.2. The van der Waals surface area contributed by atoms with Gasteiger partial charge in [0.25, 0.3) is 0 Å². The molecule has 2 aromatic carbocycles. The fourth-order valence-electron chi connectivity index (χ4n) is 3.37. The minimum absolute atomic E-state index is 1.10. The smallest absolute Gasteiger partial charge is 0.0508 e. The molecule has 128 valence electrons. The summed E-state index contributed by atoms with van der Waals surface area (Å²) in [5, 5.41) is 0. The number of hydrogen-bond acceptors (Lipinski definition) is 3. The van der Waals surface area contributed by atoms with Crippen LogP contribution in [0.15, 0.2) is 58.3 Å². The number of hydrogen-bond donors (Lipinski definition) is 0. The lowest BCUT2D eigenvalue weighted by Gasteiger charge is -2.30. The fourth-order valence-corrected chi connectivity index (χ4v) is 4.50. The largest absolute Gasteiger partial charge is 0.370 e. The van der Waals surface area contributed by atoms with E-state index in [1.165, 1.54) is 34.0 Å². The van der Waals surface area contributed by atoms with Crippen molar-refractivity contribution in [3.05, 3.63) is 54.1 Å². The van der Waals surface area contributed by atoms with E-state index in [0.717, 1.165) is 32.6 Å². The van der Waals surface area contributed by atoms with Crippen molar-refractivity contribution in [1.82, 2.24) is 4.90 Å². The van der Waals surface area contributed by atoms with Crippen LogP contribution in [0, 0.1) is 0 Å². The van der Waals surface area contributed by atoms with E-state index in [1.807, 2.05) is 11.8 Å². The summed E-state index contributed by atoms with van der Waals surface area (Å²) in [6.07, 6.45) is 2.35. The van der Waals surface area contributed by atoms with Gasteiger partial charge in [0.2, 0.25) is 0 Å². The highest BCUT2D eigenvalue weighted by Crippen LogP contribution is 2.39. The first-order valence-corrected chi connectivity index (χ1v) is 9.95. The molecule has 3 rings (SSSR count). The van der Waals surface area contributed by atoms with Crippen molar-refractivity contribution in [3.63, 3.8) is 0 Å². The zero-order valence-corrected chi connectivity index (χ0v) is 15.7. The molecule has 0 saturated heterocycles. The van der Waals surface area contributed by atoms with Gasteiger partial charge in [0.15, 0.2) is 0 Å². The molecule has 0 saturated carbocycles. The number of benzene rings is 2. The molecule has 0 N–H and O–H groups in total. The molecule has 2 nitrogen and oxygen atoms in total. The summed E-state index contributed by atoms with van der Waals surface area (Å²) < 4.78 is 0. The van der Waals surface area contributed by atoms with E-state index in [4.69, 9.17) is 0 Å². The van der Waals surface area contributed by atoms with E-state index in [-0.39, 0.29) is 0 Å². The normalized spacial score (nSPS) is 14.0. The molecule has 0 amide bonds. The van der Waals surface area contributed by atoms with Crippen LogP contribution in [0.1, 0.15) is 25.8 Å². The van der Waals surface area contributed by atoms with Crippen LogP contribution in [0.25, 0.3) is 0 Å². The summed E-state index contributed by atoms with van der Waals surface area (Å²) in [6, 6.07) is 17.7. The Kier molecular flexibility index (Phi) is 6.22. The van der Waals surface area contributed by atoms with Crippen molar-refractivity contribution in [2.45, 2.75) is 36.5 Å². The van der Waals surface area contributed by atoms with Crippen LogP contribution in [0.2, 0.25) is 0 Å². The zero-order chi connectivity index (χ0) is 16.8. The third-order valence-corrected chi connectivity index (χ3v) is 6.03. The van der Waals surface area contributed by atoms with Gasteiger partial charge in [0.05, 0.1) is 5.69 Å². The van der Waals surface area contributed by atoms with Crippen LogP contribution in [-0.2, 0) is 6.42 Å². The number of para-hydroxylation sites is 1. The molecule has 1 aliphatic rings. The van der Waals surface area contributed by atoms with Gasteiger partial charge in [-0.15, -0.1) is 0 Å². The van der Waals surface area contributed by atoms with E-state index < -0.39 is 0 Å². The van der Waals surface area contributed by atoms with Crippen molar-refractivity contribution in [2.75, 3.05) is 37.6 Å². The van der Waals surface area contributed by atoms with Gasteiger partial charge in [0.1, 0.15) is 0 Å². The molecule has 0 fully saturated rings. The molecule has 2 aromatic rings. The molecule has 1 aliphatic heterocycles. The van der Waals surface area contributed by atoms with Gasteiger partial charge in [-0.1, -0.05) is 55.9 Å². The molecule has 24 heavy (non-hydrogen) atoms. The van der Waals surface area contributed by atoms with E-state index in [1.54, 1.807) is 0 Å². The van der Waals surface area contributed by atoms with Crippen molar-refractivity contribution in [3.8, 4) is 0 Å². The van der Waals surface area contributed by atoms with Gasteiger partial charge in [-0.05, 0) is 56.2 Å². The van der Waals surface area contributed by atoms with Gasteiger partial charge in [-0.3, -0.25) is 0 Å². The van der Waals surface area contributed by atoms with Crippen LogP contribution >= 0.6 is 11.8 Å². The molecule has 0 aliphatic carbocycles. The Morgan fingerprint density at radius 3 is 2.46 bits per heavy atom. The standard InChI is InChI=1S/C21H28N2S/c1-3-22(4-2)15-9-16-23-17-14-18-10-5-7-12-20(18)24-21-13-8-6-11-19(21)23/h5-8,10-13H,3-4,9,14-17H2,1-2H3. The Labute approximate surface area is 150 Å². The van der Waals surface area contributed by atoms with Gasteiger partial charge < -0.3 is 9.80 Å². The summed E-state index contributed by atoms with van der Waals surface area (Å²) in [7, 11) is 0. The van der Waals surface area contributed by atoms with Crippen LogP contribution < -0.4 is 4.90 Å². The van der Waals surface area contributed by atoms with Crippen molar-refractivity contribution in [2.24, 2.45) is 0 Å². The minimum atomic E-state index is 1.10. The predicted molar refractivity (Wildman–Crippen MR) is 105 cm³/mol. The van der Waals surface area contributed by atoms with E-state index in [0.29, 0.717) is 0 Å². The van der Waals surface area contributed by atoms with E-state index in [9.17, 15) is 0 Å². The molecule has 0 radical (unpaired) electrons. The van der Waals surface area contributed by atoms with Gasteiger partial charge in [0, 0.05) is 22.9 Å². The molecule has 0 aromatic heterocycles. The molecular formula is C21H28N2S. The predicted octanol–water partition coefficient (Wildman–Crippen LogP) is 4.93. The molecule has 1 heterocycles. The number of nitrogens with zero attached hydrogens (tertiary/aromatic N) is 2. The lowest BCUT2D eigenvalue weighted by atomic mass is 10.1. The number of fused-ring (bicyclic) bond motifs is 2. The highest BCUT2D eigenvalue weighted by Gasteiger charge is 2.17. The molecule has 0 spiro atoms. The molecule has 0 bridgehead atoms. The van der Waals surface area contributed by atoms with Gasteiger partial charge in [-0.25, -0.2) is 0 Å². The zero-order valence-electron chi connectivity index (χ0n) is 14.9. The minimum Gasteiger partial charge on any atom is -0.370 e. The summed E-state index contributed by atoms with van der Waals surface area (Å²) in [4.78, 5) is 7.89. The SMILES string of the molecule is CCN(CC)CCCN1CCc2ccccc2Sc2ccccc21. The lowest BCUT2D eigenvalue weighted by Crippen LogP contribution is -2.32. The van der Waals surface area contributed by atoms with Crippen LogP contribution in [0.3, 0.4) is 0 Å². The Morgan fingerprint density at radius 1 is 0.958 bits per heavy atom. The van der Waals surface area contributed by atoms with E-state index >= 15 is 0 Å². The summed E-state index contributed by atoms with van der Waals surface area (Å²) in [5.41, 5.74) is 2.88. The maximum atomic E-state index is 2.59. The first-order valence-electron chi connectivity index (χ1n) is 9.14. The highest BCUT2D eigenvalue weighted by molar-refractivity contribution is 7.99. The average molecular weight is 341 g/mol. The van der Waals surface area contributed by atoms with Gasteiger partial charge >= 0.3 is 0 Å². The van der Waals surface area contributed by atoms with Crippen molar-refractivity contribution in [1.29, 1.82) is 0 Å². The topological polar surface area (TPSA) is 6.48 Å². The Hall–Kier alpha value is -1.45. The maximum Gasteiger partial charge on any atom is 0.0508 e. The first kappa shape index (κ1) is 17.4. The van der Waals surface area contributed by atoms with E-state index in [2.05, 4.69) is 72.2 Å². The lowest BCUT2D eigenvalue weighted by molar-refractivity contribution is 0.300. The molecule has 3 heteroatoms. The van der Waals surface area contributed by atoms with Crippen LogP contribution in [-0.4, -0.2) is 37.6 Å². The van der Waals surface area contributed by atoms with Crippen LogP contribution in [0.5, 0.6) is 0 Å². The quantitative estimate of drug-likeness (QED) is 0.736. The number of anilines is 1. The molecule has 0 unspecified atom stereocenters. The molecular weight excluding hydrogens is 312 g/mol. The Balaban J connectivity index is 1.76. The Bertz CT molecular complexity index is 652. The fraction of sp³-hybridized carbons (Fsp3) is 0.429. The second-order valence-corrected chi connectivity index (χ2v) is 7.38. The van der Waals surface area contributed by atoms with Crippen LogP contribution in [0.4, 0.5) is 5.69 Å². The van der Waals surface area contributed by atoms with Crippen molar-refractivity contribution >= 4 is 17.4 Å². The summed E-state index contributed by atoms with van der Waals surface area (Å²) in [6.45, 7) is 10.2.